The van der Waals surface area contributed by atoms with Crippen molar-refractivity contribution >= 4 is 5.97 Å². The van der Waals surface area contributed by atoms with Crippen molar-refractivity contribution in [2.45, 2.75) is 31.4 Å². The van der Waals surface area contributed by atoms with Gasteiger partial charge in [-0.25, -0.2) is 0 Å². The van der Waals surface area contributed by atoms with E-state index in [0.29, 0.717) is 19.1 Å². The lowest BCUT2D eigenvalue weighted by Crippen LogP contribution is -2.17. The number of ether oxygens (including phenoxy) is 2. The van der Waals surface area contributed by atoms with Gasteiger partial charge in [-0.3, -0.25) is 4.79 Å². The molecule has 1 saturated carbocycles. The van der Waals surface area contributed by atoms with Crippen LogP contribution in [0.1, 0.15) is 30.9 Å². The smallest absolute Gasteiger partial charge is 0.307 e. The molecular formula is C15H19NO4. The molecule has 1 aliphatic heterocycles. The summed E-state index contributed by atoms with van der Waals surface area (Å²) >= 11 is 0. The van der Waals surface area contributed by atoms with Crippen molar-refractivity contribution in [3.63, 3.8) is 0 Å². The van der Waals surface area contributed by atoms with Crippen molar-refractivity contribution < 1.29 is 19.4 Å². The summed E-state index contributed by atoms with van der Waals surface area (Å²) in [5, 5.41) is 12.3. The summed E-state index contributed by atoms with van der Waals surface area (Å²) in [6.07, 6.45) is 3.11. The van der Waals surface area contributed by atoms with Gasteiger partial charge in [0.2, 0.25) is 0 Å². The second-order valence-corrected chi connectivity index (χ2v) is 5.46. The highest BCUT2D eigenvalue weighted by molar-refractivity contribution is 5.70. The summed E-state index contributed by atoms with van der Waals surface area (Å²) in [6, 6.07) is 5.91. The first kappa shape index (κ1) is 13.2. The molecule has 20 heavy (non-hydrogen) atoms. The molecule has 2 atom stereocenters. The highest BCUT2D eigenvalue weighted by Gasteiger charge is 2.31. The summed E-state index contributed by atoms with van der Waals surface area (Å²) in [6.45, 7) is 0.519. The monoisotopic (exact) mass is 277 g/mol. The fourth-order valence-corrected chi connectivity index (χ4v) is 2.55. The van der Waals surface area contributed by atoms with Gasteiger partial charge in [0.15, 0.2) is 11.5 Å². The Bertz CT molecular complexity index is 513. The zero-order valence-corrected chi connectivity index (χ0v) is 11.5. The minimum absolute atomic E-state index is 0.0727. The minimum atomic E-state index is -0.733. The number of hydrogen-bond donors (Lipinski definition) is 2. The summed E-state index contributed by atoms with van der Waals surface area (Å²) in [5.41, 5.74) is 1.06. The first-order chi connectivity index (χ1) is 9.67. The topological polar surface area (TPSA) is 67.8 Å². The van der Waals surface area contributed by atoms with Gasteiger partial charge in [-0.2, -0.15) is 0 Å². The van der Waals surface area contributed by atoms with E-state index in [0.717, 1.165) is 29.9 Å². The first-order valence-electron chi connectivity index (χ1n) is 6.98. The van der Waals surface area contributed by atoms with Crippen molar-refractivity contribution in [2.75, 3.05) is 13.7 Å². The Morgan fingerprint density at radius 2 is 2.15 bits per heavy atom. The van der Waals surface area contributed by atoms with Crippen LogP contribution < -0.4 is 14.8 Å². The van der Waals surface area contributed by atoms with Crippen LogP contribution >= 0.6 is 0 Å². The standard InChI is InChI=1S/C15H19NO4/c1-19-13-5-2-9(7-14(13)20-11-3-4-11)12-6-10(8-16-12)15(17)18/h2,5,7,10-12,16H,3-4,6,8H2,1H3,(H,17,18). The third kappa shape index (κ3) is 2.72. The van der Waals surface area contributed by atoms with E-state index in [-0.39, 0.29) is 12.0 Å². The normalized spacial score (nSPS) is 25.4. The number of carbonyl (C=O) groups is 1. The number of aliphatic carboxylic acids is 1. The molecule has 0 radical (unpaired) electrons. The number of rotatable bonds is 5. The zero-order valence-electron chi connectivity index (χ0n) is 11.5. The van der Waals surface area contributed by atoms with Crippen LogP contribution in [0, 0.1) is 5.92 Å². The van der Waals surface area contributed by atoms with E-state index in [2.05, 4.69) is 5.32 Å². The van der Waals surface area contributed by atoms with Crippen molar-refractivity contribution in [1.29, 1.82) is 0 Å². The fraction of sp³-hybridized carbons (Fsp3) is 0.533. The summed E-state index contributed by atoms with van der Waals surface area (Å²) in [7, 11) is 1.63. The Balaban J connectivity index is 1.77. The van der Waals surface area contributed by atoms with E-state index in [1.807, 2.05) is 18.2 Å². The number of methoxy groups -OCH3 is 1. The van der Waals surface area contributed by atoms with Crippen LogP contribution in [0.3, 0.4) is 0 Å². The highest BCUT2D eigenvalue weighted by atomic mass is 16.5. The third-order valence-electron chi connectivity index (χ3n) is 3.89. The molecule has 3 rings (SSSR count). The molecule has 1 saturated heterocycles. The van der Waals surface area contributed by atoms with Gasteiger partial charge in [0.25, 0.3) is 0 Å². The molecule has 5 nitrogen and oxygen atoms in total. The minimum Gasteiger partial charge on any atom is -0.493 e. The van der Waals surface area contributed by atoms with E-state index >= 15 is 0 Å². The lowest BCUT2D eigenvalue weighted by molar-refractivity contribution is -0.141. The molecule has 1 aromatic carbocycles. The highest BCUT2D eigenvalue weighted by Crippen LogP contribution is 2.37. The van der Waals surface area contributed by atoms with Crippen molar-refractivity contribution in [3.05, 3.63) is 23.8 Å². The van der Waals surface area contributed by atoms with Crippen LogP contribution in [0.5, 0.6) is 11.5 Å². The molecule has 108 valence electrons. The van der Waals surface area contributed by atoms with Crippen LogP contribution in [0.25, 0.3) is 0 Å². The molecule has 2 unspecified atom stereocenters. The molecule has 0 aromatic heterocycles. The van der Waals surface area contributed by atoms with E-state index in [9.17, 15) is 4.79 Å². The van der Waals surface area contributed by atoms with E-state index < -0.39 is 5.97 Å². The number of nitrogens with one attached hydrogen (secondary N) is 1. The second kappa shape index (κ2) is 5.32. The third-order valence-corrected chi connectivity index (χ3v) is 3.89. The van der Waals surface area contributed by atoms with Crippen LogP contribution in [-0.2, 0) is 4.79 Å². The molecule has 5 heteroatoms. The van der Waals surface area contributed by atoms with Gasteiger partial charge in [0.1, 0.15) is 0 Å². The molecule has 2 aliphatic rings. The molecule has 1 heterocycles. The molecular weight excluding hydrogens is 258 g/mol. The lowest BCUT2D eigenvalue weighted by Gasteiger charge is -2.15. The van der Waals surface area contributed by atoms with Gasteiger partial charge in [0.05, 0.1) is 19.1 Å². The Morgan fingerprint density at radius 3 is 2.75 bits per heavy atom. The number of carboxylic acid groups (broad SMARTS) is 1. The molecule has 2 N–H and O–H groups in total. The van der Waals surface area contributed by atoms with Crippen molar-refractivity contribution in [3.8, 4) is 11.5 Å². The van der Waals surface area contributed by atoms with Gasteiger partial charge in [-0.05, 0) is 37.0 Å². The second-order valence-electron chi connectivity index (χ2n) is 5.46. The molecule has 0 amide bonds. The predicted molar refractivity (Wildman–Crippen MR) is 73.1 cm³/mol. The van der Waals surface area contributed by atoms with Crippen LogP contribution in [-0.4, -0.2) is 30.8 Å². The van der Waals surface area contributed by atoms with Crippen LogP contribution in [0.4, 0.5) is 0 Å². The maximum absolute atomic E-state index is 11.0. The summed E-state index contributed by atoms with van der Waals surface area (Å²) in [4.78, 5) is 11.0. The average molecular weight is 277 g/mol. The first-order valence-corrected chi connectivity index (χ1v) is 6.98. The predicted octanol–water partition coefficient (Wildman–Crippen LogP) is 1.97. The Kier molecular flexibility index (Phi) is 3.53. The van der Waals surface area contributed by atoms with Crippen molar-refractivity contribution in [1.82, 2.24) is 5.32 Å². The summed E-state index contributed by atoms with van der Waals surface area (Å²) in [5.74, 6) is 0.444. The van der Waals surface area contributed by atoms with E-state index in [1.165, 1.54) is 0 Å². The maximum Gasteiger partial charge on any atom is 0.307 e. The van der Waals surface area contributed by atoms with Gasteiger partial charge in [0, 0.05) is 12.6 Å². The van der Waals surface area contributed by atoms with Crippen molar-refractivity contribution in [2.24, 2.45) is 5.92 Å². The molecule has 1 aliphatic carbocycles. The van der Waals surface area contributed by atoms with E-state index in [4.69, 9.17) is 14.6 Å². The van der Waals surface area contributed by atoms with Crippen LogP contribution in [0.2, 0.25) is 0 Å². The number of hydrogen-bond acceptors (Lipinski definition) is 4. The van der Waals surface area contributed by atoms with Gasteiger partial charge < -0.3 is 19.9 Å². The Hall–Kier alpha value is -1.75. The molecule has 0 bridgehead atoms. The lowest BCUT2D eigenvalue weighted by atomic mass is 10.00. The van der Waals surface area contributed by atoms with Gasteiger partial charge in [-0.1, -0.05) is 6.07 Å². The van der Waals surface area contributed by atoms with Gasteiger partial charge >= 0.3 is 5.97 Å². The Morgan fingerprint density at radius 1 is 1.35 bits per heavy atom. The van der Waals surface area contributed by atoms with E-state index in [1.54, 1.807) is 7.11 Å². The molecule has 0 spiro atoms. The quantitative estimate of drug-likeness (QED) is 0.861. The molecule has 1 aromatic rings. The van der Waals surface area contributed by atoms with Gasteiger partial charge in [-0.15, -0.1) is 0 Å². The molecule has 2 fully saturated rings. The number of benzene rings is 1. The fourth-order valence-electron chi connectivity index (χ4n) is 2.55. The SMILES string of the molecule is COc1ccc(C2CC(C(=O)O)CN2)cc1OC1CC1. The average Bonchev–Trinajstić information content (AvgIpc) is 3.11. The summed E-state index contributed by atoms with van der Waals surface area (Å²) < 4.78 is 11.2. The zero-order chi connectivity index (χ0) is 14.1. The maximum atomic E-state index is 11.0. The largest absolute Gasteiger partial charge is 0.493 e. The van der Waals surface area contributed by atoms with Crippen LogP contribution in [0.15, 0.2) is 18.2 Å². The number of carboxylic acids is 1. The Labute approximate surface area is 117 Å².